The highest BCUT2D eigenvalue weighted by Gasteiger charge is 2.24. The standard InChI is InChI=1S/C22H24N4O4S/c1-4-8-26-21(17-6-5-10-30-17)23-24-22(26)31-14-20(27)25-9-7-15-11-18(28-2)19(29-3)12-16(15)13-25/h4-6,10-12H,1,7-9,13-14H2,2-3H3. The first-order valence-corrected chi connectivity index (χ1v) is 10.9. The number of hydrogen-bond donors (Lipinski definition) is 0. The molecule has 0 aliphatic carbocycles. The van der Waals surface area contributed by atoms with E-state index in [4.69, 9.17) is 13.9 Å². The second-order valence-corrected chi connectivity index (χ2v) is 7.96. The van der Waals surface area contributed by atoms with Gasteiger partial charge in [-0.15, -0.1) is 16.8 Å². The highest BCUT2D eigenvalue weighted by Crippen LogP contribution is 2.33. The van der Waals surface area contributed by atoms with Crippen molar-refractivity contribution in [1.29, 1.82) is 0 Å². The third kappa shape index (κ3) is 4.32. The van der Waals surface area contributed by atoms with Crippen molar-refractivity contribution in [2.75, 3.05) is 26.5 Å². The third-order valence-electron chi connectivity index (χ3n) is 5.17. The maximum Gasteiger partial charge on any atom is 0.233 e. The number of amides is 1. The summed E-state index contributed by atoms with van der Waals surface area (Å²) in [5, 5.41) is 9.14. The van der Waals surface area contributed by atoms with E-state index in [2.05, 4.69) is 16.8 Å². The molecule has 8 nitrogen and oxygen atoms in total. The molecule has 0 radical (unpaired) electrons. The number of fused-ring (bicyclic) bond motifs is 1. The van der Waals surface area contributed by atoms with Crippen LogP contribution in [0.5, 0.6) is 11.5 Å². The fourth-order valence-corrected chi connectivity index (χ4v) is 4.44. The van der Waals surface area contributed by atoms with Crippen molar-refractivity contribution in [2.45, 2.75) is 24.7 Å². The van der Waals surface area contributed by atoms with Gasteiger partial charge >= 0.3 is 0 Å². The van der Waals surface area contributed by atoms with Crippen LogP contribution < -0.4 is 9.47 Å². The number of carbonyl (C=O) groups excluding carboxylic acids is 1. The van der Waals surface area contributed by atoms with E-state index >= 15 is 0 Å². The Bertz CT molecular complexity index is 1080. The zero-order valence-electron chi connectivity index (χ0n) is 17.5. The summed E-state index contributed by atoms with van der Waals surface area (Å²) in [5.41, 5.74) is 2.26. The van der Waals surface area contributed by atoms with Crippen LogP contribution in [0.3, 0.4) is 0 Å². The Morgan fingerprint density at radius 1 is 1.26 bits per heavy atom. The van der Waals surface area contributed by atoms with E-state index in [1.807, 2.05) is 27.7 Å². The van der Waals surface area contributed by atoms with Gasteiger partial charge in [0.1, 0.15) is 0 Å². The Morgan fingerprint density at radius 2 is 2.03 bits per heavy atom. The van der Waals surface area contributed by atoms with Gasteiger partial charge < -0.3 is 18.8 Å². The van der Waals surface area contributed by atoms with Gasteiger partial charge in [-0.05, 0) is 41.8 Å². The van der Waals surface area contributed by atoms with E-state index in [0.29, 0.717) is 47.9 Å². The molecule has 0 bridgehead atoms. The lowest BCUT2D eigenvalue weighted by Gasteiger charge is -2.29. The van der Waals surface area contributed by atoms with Crippen LogP contribution in [-0.2, 0) is 24.3 Å². The molecule has 3 heterocycles. The van der Waals surface area contributed by atoms with Gasteiger partial charge in [0.05, 0.1) is 26.2 Å². The molecule has 162 valence electrons. The molecule has 1 amide bonds. The molecule has 1 aliphatic rings. The van der Waals surface area contributed by atoms with Crippen LogP contribution in [0.2, 0.25) is 0 Å². The molecule has 3 aromatic rings. The minimum atomic E-state index is 0.0538. The van der Waals surface area contributed by atoms with Crippen LogP contribution in [0.4, 0.5) is 0 Å². The van der Waals surface area contributed by atoms with Gasteiger partial charge in [-0.2, -0.15) is 0 Å². The maximum absolute atomic E-state index is 12.9. The zero-order valence-corrected chi connectivity index (χ0v) is 18.4. The highest BCUT2D eigenvalue weighted by atomic mass is 32.2. The molecule has 0 spiro atoms. The number of nitrogens with zero attached hydrogens (tertiary/aromatic N) is 4. The van der Waals surface area contributed by atoms with Crippen LogP contribution in [0.1, 0.15) is 11.1 Å². The molecule has 31 heavy (non-hydrogen) atoms. The van der Waals surface area contributed by atoms with E-state index in [1.165, 1.54) is 17.3 Å². The number of methoxy groups -OCH3 is 2. The van der Waals surface area contributed by atoms with Crippen molar-refractivity contribution < 1.29 is 18.7 Å². The average Bonchev–Trinajstić information content (AvgIpc) is 3.46. The summed E-state index contributed by atoms with van der Waals surface area (Å²) in [4.78, 5) is 14.8. The number of rotatable bonds is 8. The Labute approximate surface area is 184 Å². The van der Waals surface area contributed by atoms with Crippen molar-refractivity contribution in [3.63, 3.8) is 0 Å². The van der Waals surface area contributed by atoms with E-state index in [-0.39, 0.29) is 11.7 Å². The SMILES string of the molecule is C=CCn1c(SCC(=O)N2CCc3cc(OC)c(OC)cc3C2)nnc1-c1ccco1. The molecule has 0 saturated heterocycles. The van der Waals surface area contributed by atoms with Crippen molar-refractivity contribution in [1.82, 2.24) is 19.7 Å². The van der Waals surface area contributed by atoms with Gasteiger partial charge in [0.25, 0.3) is 0 Å². The van der Waals surface area contributed by atoms with E-state index in [1.54, 1.807) is 32.6 Å². The normalized spacial score (nSPS) is 13.0. The van der Waals surface area contributed by atoms with Crippen LogP contribution in [0.15, 0.2) is 52.8 Å². The number of furan rings is 1. The molecule has 0 unspecified atom stereocenters. The number of hydrogen-bond acceptors (Lipinski definition) is 7. The lowest BCUT2D eigenvalue weighted by Crippen LogP contribution is -2.37. The summed E-state index contributed by atoms with van der Waals surface area (Å²) in [6, 6.07) is 7.59. The number of carbonyl (C=O) groups is 1. The van der Waals surface area contributed by atoms with Crippen LogP contribution in [0, 0.1) is 0 Å². The highest BCUT2D eigenvalue weighted by molar-refractivity contribution is 7.99. The van der Waals surface area contributed by atoms with Crippen molar-refractivity contribution in [3.05, 3.63) is 54.3 Å². The van der Waals surface area contributed by atoms with E-state index in [9.17, 15) is 4.79 Å². The first-order chi connectivity index (χ1) is 15.1. The maximum atomic E-state index is 12.9. The van der Waals surface area contributed by atoms with Crippen molar-refractivity contribution >= 4 is 17.7 Å². The summed E-state index contributed by atoms with van der Waals surface area (Å²) < 4.78 is 18.1. The first kappa shape index (κ1) is 21.0. The molecular weight excluding hydrogens is 416 g/mol. The summed E-state index contributed by atoms with van der Waals surface area (Å²) in [7, 11) is 3.24. The van der Waals surface area contributed by atoms with Crippen molar-refractivity contribution in [2.24, 2.45) is 0 Å². The predicted molar refractivity (Wildman–Crippen MR) is 117 cm³/mol. The predicted octanol–water partition coefficient (Wildman–Crippen LogP) is 3.42. The van der Waals surface area contributed by atoms with E-state index < -0.39 is 0 Å². The summed E-state index contributed by atoms with van der Waals surface area (Å²) in [5.74, 6) is 2.96. The fourth-order valence-electron chi connectivity index (χ4n) is 3.59. The number of thioether (sulfide) groups is 1. The van der Waals surface area contributed by atoms with Crippen LogP contribution in [-0.4, -0.2) is 52.1 Å². The number of ether oxygens (including phenoxy) is 2. The zero-order chi connectivity index (χ0) is 21.8. The average molecular weight is 441 g/mol. The van der Waals surface area contributed by atoms with Crippen molar-refractivity contribution in [3.8, 4) is 23.1 Å². The second kappa shape index (κ2) is 9.30. The smallest absolute Gasteiger partial charge is 0.233 e. The minimum absolute atomic E-state index is 0.0538. The Kier molecular flexibility index (Phi) is 6.31. The Hall–Kier alpha value is -3.20. The topological polar surface area (TPSA) is 82.6 Å². The molecule has 0 saturated carbocycles. The largest absolute Gasteiger partial charge is 0.493 e. The Balaban J connectivity index is 1.45. The van der Waals surface area contributed by atoms with Gasteiger partial charge in [-0.1, -0.05) is 17.8 Å². The third-order valence-corrected chi connectivity index (χ3v) is 6.12. The van der Waals surface area contributed by atoms with Gasteiger partial charge in [-0.25, -0.2) is 0 Å². The summed E-state index contributed by atoms with van der Waals surface area (Å²) in [6.45, 7) is 5.54. The summed E-state index contributed by atoms with van der Waals surface area (Å²) in [6.07, 6.45) is 4.14. The molecule has 0 N–H and O–H groups in total. The molecule has 1 aliphatic heterocycles. The van der Waals surface area contributed by atoms with Gasteiger partial charge in [0, 0.05) is 19.6 Å². The lowest BCUT2D eigenvalue weighted by molar-refractivity contribution is -0.129. The summed E-state index contributed by atoms with van der Waals surface area (Å²) >= 11 is 1.37. The molecule has 9 heteroatoms. The molecular formula is C22H24N4O4S. The number of aromatic nitrogens is 3. The minimum Gasteiger partial charge on any atom is -0.493 e. The van der Waals surface area contributed by atoms with Gasteiger partial charge in [-0.3, -0.25) is 9.36 Å². The second-order valence-electron chi connectivity index (χ2n) is 7.01. The quantitative estimate of drug-likeness (QED) is 0.392. The lowest BCUT2D eigenvalue weighted by atomic mass is 9.99. The van der Waals surface area contributed by atoms with E-state index in [0.717, 1.165) is 12.0 Å². The van der Waals surface area contributed by atoms with Gasteiger partial charge in [0.15, 0.2) is 22.4 Å². The molecule has 0 fully saturated rings. The number of benzene rings is 1. The molecule has 0 atom stereocenters. The molecule has 2 aromatic heterocycles. The number of allylic oxidation sites excluding steroid dienone is 1. The first-order valence-electron chi connectivity index (χ1n) is 9.87. The van der Waals surface area contributed by atoms with Gasteiger partial charge in [0.2, 0.25) is 11.7 Å². The monoisotopic (exact) mass is 440 g/mol. The van der Waals surface area contributed by atoms with Crippen LogP contribution >= 0.6 is 11.8 Å². The molecule has 4 rings (SSSR count). The van der Waals surface area contributed by atoms with Crippen LogP contribution in [0.25, 0.3) is 11.6 Å². The Morgan fingerprint density at radius 3 is 2.71 bits per heavy atom. The fraction of sp³-hybridized carbons (Fsp3) is 0.318. The molecule has 1 aromatic carbocycles.